The fraction of sp³-hybridized carbons (Fsp3) is 0.667. The third-order valence-electron chi connectivity index (χ3n) is 6.35. The molecule has 1 atom stereocenters. The highest BCUT2D eigenvalue weighted by atomic mass is 127. The van der Waals surface area contributed by atoms with Gasteiger partial charge in [-0.15, -0.1) is 24.0 Å². The number of carbonyl (C=O) groups is 1. The molecule has 0 saturated carbocycles. The van der Waals surface area contributed by atoms with Crippen LogP contribution in [0.3, 0.4) is 0 Å². The number of nitrogens with zero attached hydrogens (tertiary/aromatic N) is 4. The molecule has 2 heterocycles. The van der Waals surface area contributed by atoms with E-state index in [1.54, 1.807) is 7.11 Å². The summed E-state index contributed by atoms with van der Waals surface area (Å²) in [6.07, 6.45) is 3.13. The van der Waals surface area contributed by atoms with Crippen molar-refractivity contribution in [1.29, 1.82) is 0 Å². The number of ether oxygens (including phenoxy) is 1. The Kier molecular flexibility index (Phi) is 11.0. The summed E-state index contributed by atoms with van der Waals surface area (Å²) in [4.78, 5) is 24.3. The number of amides is 1. The first-order chi connectivity index (χ1) is 15.0. The molecule has 0 spiro atoms. The lowest BCUT2D eigenvalue weighted by molar-refractivity contribution is -0.135. The van der Waals surface area contributed by atoms with Gasteiger partial charge in [0.05, 0.1) is 13.2 Å². The molecule has 1 unspecified atom stereocenters. The molecule has 1 amide bonds. The van der Waals surface area contributed by atoms with Crippen molar-refractivity contribution in [1.82, 2.24) is 20.0 Å². The van der Waals surface area contributed by atoms with Gasteiger partial charge in [-0.3, -0.25) is 14.7 Å². The van der Waals surface area contributed by atoms with Crippen molar-refractivity contribution in [3.8, 4) is 5.75 Å². The third-order valence-corrected chi connectivity index (χ3v) is 6.35. The Bertz CT molecular complexity index is 759. The quantitative estimate of drug-likeness (QED) is 0.318. The molecule has 2 saturated heterocycles. The molecule has 2 aliphatic heterocycles. The largest absolute Gasteiger partial charge is 0.496 e. The number of piperazine rings is 1. The van der Waals surface area contributed by atoms with Gasteiger partial charge >= 0.3 is 0 Å². The number of hydrogen-bond acceptors (Lipinski definition) is 4. The number of nitrogens with one attached hydrogen (secondary N) is 1. The zero-order valence-electron chi connectivity index (χ0n) is 20.1. The average molecular weight is 558 g/mol. The van der Waals surface area contributed by atoms with Gasteiger partial charge in [-0.25, -0.2) is 0 Å². The number of likely N-dealkylation sites (tertiary alicyclic amines) is 1. The second-order valence-corrected chi connectivity index (χ2v) is 8.53. The number of aliphatic imine (C=N–C) groups is 1. The summed E-state index contributed by atoms with van der Waals surface area (Å²) in [7, 11) is 1.72. The minimum atomic E-state index is -0.0337. The molecule has 8 heteroatoms. The van der Waals surface area contributed by atoms with Crippen molar-refractivity contribution in [2.24, 2.45) is 4.99 Å². The molecule has 32 heavy (non-hydrogen) atoms. The van der Waals surface area contributed by atoms with E-state index in [0.29, 0.717) is 12.5 Å². The number of halogens is 1. The highest BCUT2D eigenvalue weighted by molar-refractivity contribution is 14.0. The predicted molar refractivity (Wildman–Crippen MR) is 141 cm³/mol. The Balaban J connectivity index is 0.00000363. The molecule has 7 nitrogen and oxygen atoms in total. The number of rotatable bonds is 7. The Hall–Kier alpha value is -1.55. The molecule has 1 aromatic carbocycles. The zero-order chi connectivity index (χ0) is 22.2. The molecule has 2 aliphatic rings. The molecule has 1 N–H and O–H groups in total. The van der Waals surface area contributed by atoms with Gasteiger partial charge in [-0.1, -0.05) is 17.7 Å². The molecule has 1 aromatic rings. The van der Waals surface area contributed by atoms with E-state index in [4.69, 9.17) is 9.73 Å². The lowest BCUT2D eigenvalue weighted by atomic mass is 10.1. The average Bonchev–Trinajstić information content (AvgIpc) is 3.33. The van der Waals surface area contributed by atoms with E-state index >= 15 is 0 Å². The fourth-order valence-electron chi connectivity index (χ4n) is 4.49. The van der Waals surface area contributed by atoms with E-state index in [1.807, 2.05) is 11.0 Å². The molecular formula is C24H40IN5O2. The summed E-state index contributed by atoms with van der Waals surface area (Å²) in [5, 5.41) is 3.44. The molecule has 2 fully saturated rings. The van der Waals surface area contributed by atoms with Gasteiger partial charge in [0.2, 0.25) is 5.91 Å². The normalized spacial score (nSPS) is 18.3. The SMILES string of the molecule is CCNC(=NCCc1cc(C)ccc1OC)N1CCN(C(C)C(=O)N2CCCC2)CC1.I. The van der Waals surface area contributed by atoms with Crippen molar-refractivity contribution >= 4 is 35.8 Å². The summed E-state index contributed by atoms with van der Waals surface area (Å²) < 4.78 is 5.50. The van der Waals surface area contributed by atoms with Crippen molar-refractivity contribution in [3.05, 3.63) is 29.3 Å². The summed E-state index contributed by atoms with van der Waals surface area (Å²) in [5.41, 5.74) is 2.43. The van der Waals surface area contributed by atoms with Crippen LogP contribution in [-0.4, -0.2) is 92.1 Å². The first-order valence-corrected chi connectivity index (χ1v) is 11.7. The highest BCUT2D eigenvalue weighted by Gasteiger charge is 2.30. The fourth-order valence-corrected chi connectivity index (χ4v) is 4.49. The van der Waals surface area contributed by atoms with Gasteiger partial charge in [0.15, 0.2) is 5.96 Å². The molecule has 0 bridgehead atoms. The predicted octanol–water partition coefficient (Wildman–Crippen LogP) is 2.76. The summed E-state index contributed by atoms with van der Waals surface area (Å²) in [6.45, 7) is 13.2. The van der Waals surface area contributed by atoms with Crippen LogP contribution in [0.2, 0.25) is 0 Å². The van der Waals surface area contributed by atoms with Gasteiger partial charge < -0.3 is 19.9 Å². The number of hydrogen-bond donors (Lipinski definition) is 1. The molecule has 0 aromatic heterocycles. The van der Waals surface area contributed by atoms with Gasteiger partial charge in [0, 0.05) is 52.4 Å². The van der Waals surface area contributed by atoms with Gasteiger partial charge in [0.25, 0.3) is 0 Å². The van der Waals surface area contributed by atoms with Crippen LogP contribution >= 0.6 is 24.0 Å². The number of carbonyl (C=O) groups excluding carboxylic acids is 1. The molecular weight excluding hydrogens is 517 g/mol. The Morgan fingerprint density at radius 2 is 1.81 bits per heavy atom. The molecule has 0 radical (unpaired) electrons. The number of benzene rings is 1. The third kappa shape index (κ3) is 6.97. The van der Waals surface area contributed by atoms with Crippen LogP contribution in [0.15, 0.2) is 23.2 Å². The highest BCUT2D eigenvalue weighted by Crippen LogP contribution is 2.20. The molecule has 3 rings (SSSR count). The smallest absolute Gasteiger partial charge is 0.239 e. The van der Waals surface area contributed by atoms with Crippen LogP contribution in [0.25, 0.3) is 0 Å². The topological polar surface area (TPSA) is 60.4 Å². The number of guanidine groups is 1. The maximum atomic E-state index is 12.7. The lowest BCUT2D eigenvalue weighted by Gasteiger charge is -2.39. The Morgan fingerprint density at radius 3 is 2.44 bits per heavy atom. The van der Waals surface area contributed by atoms with E-state index in [0.717, 1.165) is 76.8 Å². The Morgan fingerprint density at radius 1 is 1.12 bits per heavy atom. The van der Waals surface area contributed by atoms with Crippen LogP contribution in [0.5, 0.6) is 5.75 Å². The monoisotopic (exact) mass is 557 g/mol. The van der Waals surface area contributed by atoms with Crippen LogP contribution < -0.4 is 10.1 Å². The molecule has 0 aliphatic carbocycles. The van der Waals surface area contributed by atoms with E-state index in [2.05, 4.69) is 48.0 Å². The zero-order valence-corrected chi connectivity index (χ0v) is 22.4. The van der Waals surface area contributed by atoms with E-state index in [-0.39, 0.29) is 30.0 Å². The second kappa shape index (κ2) is 13.2. The minimum Gasteiger partial charge on any atom is -0.496 e. The van der Waals surface area contributed by atoms with Crippen molar-refractivity contribution < 1.29 is 9.53 Å². The summed E-state index contributed by atoms with van der Waals surface area (Å²) >= 11 is 0. The van der Waals surface area contributed by atoms with Crippen LogP contribution in [0.4, 0.5) is 0 Å². The summed E-state index contributed by atoms with van der Waals surface area (Å²) in [6, 6.07) is 6.25. The lowest BCUT2D eigenvalue weighted by Crippen LogP contribution is -2.57. The minimum absolute atomic E-state index is 0. The van der Waals surface area contributed by atoms with E-state index in [9.17, 15) is 4.79 Å². The van der Waals surface area contributed by atoms with Crippen LogP contribution in [-0.2, 0) is 11.2 Å². The second-order valence-electron chi connectivity index (χ2n) is 8.53. The van der Waals surface area contributed by atoms with E-state index in [1.165, 1.54) is 11.1 Å². The van der Waals surface area contributed by atoms with Gasteiger partial charge in [-0.05, 0) is 51.7 Å². The standard InChI is InChI=1S/C24H39N5O2.HI/c1-5-25-24(26-11-10-21-18-19(2)8-9-22(21)31-4)29-16-14-27(15-17-29)20(3)23(30)28-12-6-7-13-28;/h8-9,18,20H,5-7,10-17H2,1-4H3,(H,25,26);1H. The maximum absolute atomic E-state index is 12.7. The first kappa shape index (κ1) is 26.7. The van der Waals surface area contributed by atoms with Gasteiger partial charge in [0.1, 0.15) is 5.75 Å². The van der Waals surface area contributed by atoms with Crippen molar-refractivity contribution in [2.75, 3.05) is 59.5 Å². The first-order valence-electron chi connectivity index (χ1n) is 11.7. The van der Waals surface area contributed by atoms with Crippen LogP contribution in [0, 0.1) is 6.92 Å². The maximum Gasteiger partial charge on any atom is 0.239 e. The van der Waals surface area contributed by atoms with Crippen molar-refractivity contribution in [3.63, 3.8) is 0 Å². The number of methoxy groups -OCH3 is 1. The van der Waals surface area contributed by atoms with E-state index < -0.39 is 0 Å². The molecule has 180 valence electrons. The summed E-state index contributed by atoms with van der Waals surface area (Å²) in [5.74, 6) is 2.18. The van der Waals surface area contributed by atoms with Crippen molar-refractivity contribution in [2.45, 2.75) is 46.1 Å². The van der Waals surface area contributed by atoms with Gasteiger partial charge in [-0.2, -0.15) is 0 Å². The van der Waals surface area contributed by atoms with Crippen LogP contribution in [0.1, 0.15) is 37.8 Å². The Labute approximate surface area is 210 Å². The number of aryl methyl sites for hydroxylation is 1.